The fourth-order valence-corrected chi connectivity index (χ4v) is 7.21. The van der Waals surface area contributed by atoms with Gasteiger partial charge in [0.25, 0.3) is 0 Å². The van der Waals surface area contributed by atoms with Crippen LogP contribution in [0, 0.1) is 0 Å². The van der Waals surface area contributed by atoms with Crippen LogP contribution >= 0.6 is 0 Å². The highest BCUT2D eigenvalue weighted by Gasteiger charge is 2.33. The average Bonchev–Trinajstić information content (AvgIpc) is 3.57. The van der Waals surface area contributed by atoms with Gasteiger partial charge in [0.05, 0.1) is 22.4 Å². The van der Waals surface area contributed by atoms with E-state index in [-0.39, 0.29) is 0 Å². The molecular weight excluding hydrogens is 440 g/mol. The van der Waals surface area contributed by atoms with Gasteiger partial charge in [-0.1, -0.05) is 37.1 Å². The van der Waals surface area contributed by atoms with E-state index in [0.29, 0.717) is 12.1 Å². The second-order valence-electron chi connectivity index (χ2n) is 11.2. The van der Waals surface area contributed by atoms with E-state index < -0.39 is 0 Å². The predicted octanol–water partition coefficient (Wildman–Crippen LogP) is 6.64. The Morgan fingerprint density at radius 1 is 0.611 bits per heavy atom. The SMILES string of the molecule is CN(c1cccc2cc3c(nc12)CCC3)[C@@H]1CCCC[C@H]1N(C)c1cccc2cc3c(nc12)CCC3. The molecule has 36 heavy (non-hydrogen) atoms. The molecule has 4 nitrogen and oxygen atoms in total. The van der Waals surface area contributed by atoms with Gasteiger partial charge in [-0.15, -0.1) is 0 Å². The standard InChI is InChI=1S/C32H36N4/c1-35(29-17-7-11-23-19-21-9-5-13-25(21)33-31(23)29)27-15-3-4-16-28(27)36(2)30-18-8-12-24-20-22-10-6-14-26(22)34-32(24)30/h7-8,11-12,17-20,27-28H,3-6,9-10,13-16H2,1-2H3/t27-,28-/m1/s1. The van der Waals surface area contributed by atoms with Crippen LogP contribution < -0.4 is 9.80 Å². The Balaban J connectivity index is 1.26. The fourth-order valence-electron chi connectivity index (χ4n) is 7.21. The van der Waals surface area contributed by atoms with Gasteiger partial charge in [0.2, 0.25) is 0 Å². The average molecular weight is 477 g/mol. The minimum atomic E-state index is 0.439. The molecule has 1 saturated carbocycles. The van der Waals surface area contributed by atoms with Crippen LogP contribution in [0.15, 0.2) is 48.5 Å². The maximum atomic E-state index is 5.21. The topological polar surface area (TPSA) is 32.3 Å². The summed E-state index contributed by atoms with van der Waals surface area (Å²) in [6.45, 7) is 0. The molecule has 0 saturated heterocycles. The number of rotatable bonds is 4. The molecule has 184 valence electrons. The molecule has 0 unspecified atom stereocenters. The number of pyridine rings is 2. The lowest BCUT2D eigenvalue weighted by Gasteiger charge is -2.44. The molecule has 7 rings (SSSR count). The van der Waals surface area contributed by atoms with Gasteiger partial charge < -0.3 is 9.80 Å². The van der Waals surface area contributed by atoms with E-state index >= 15 is 0 Å². The Bertz CT molecular complexity index is 1350. The number of aryl methyl sites for hydroxylation is 4. The van der Waals surface area contributed by atoms with Gasteiger partial charge in [0, 0.05) is 48.3 Å². The summed E-state index contributed by atoms with van der Waals surface area (Å²) in [6, 6.07) is 19.1. The summed E-state index contributed by atoms with van der Waals surface area (Å²) in [7, 11) is 4.60. The van der Waals surface area contributed by atoms with Crippen molar-refractivity contribution >= 4 is 33.2 Å². The van der Waals surface area contributed by atoms with Crippen molar-refractivity contribution in [2.24, 2.45) is 0 Å². The summed E-state index contributed by atoms with van der Waals surface area (Å²) in [6.07, 6.45) is 12.1. The third kappa shape index (κ3) is 3.56. The molecule has 0 aliphatic heterocycles. The summed E-state index contributed by atoms with van der Waals surface area (Å²) in [5.41, 5.74) is 10.4. The molecular formula is C32H36N4. The molecule has 0 bridgehead atoms. The monoisotopic (exact) mass is 476 g/mol. The first-order valence-corrected chi connectivity index (χ1v) is 14.0. The Hall–Kier alpha value is -3.14. The number of nitrogens with zero attached hydrogens (tertiary/aromatic N) is 4. The van der Waals surface area contributed by atoms with Crippen LogP contribution in [0.5, 0.6) is 0 Å². The summed E-state index contributed by atoms with van der Waals surface area (Å²) < 4.78 is 0. The van der Waals surface area contributed by atoms with E-state index in [1.54, 1.807) is 0 Å². The molecule has 3 aliphatic rings. The number of fused-ring (bicyclic) bond motifs is 4. The Morgan fingerprint density at radius 2 is 1.08 bits per heavy atom. The van der Waals surface area contributed by atoms with E-state index in [4.69, 9.17) is 9.97 Å². The van der Waals surface area contributed by atoms with E-state index in [1.165, 1.54) is 107 Å². The minimum absolute atomic E-state index is 0.439. The van der Waals surface area contributed by atoms with Crippen molar-refractivity contribution in [1.82, 2.24) is 9.97 Å². The van der Waals surface area contributed by atoms with Gasteiger partial charge in [-0.25, -0.2) is 0 Å². The molecule has 3 aliphatic carbocycles. The zero-order valence-electron chi connectivity index (χ0n) is 21.6. The van der Waals surface area contributed by atoms with Crippen LogP contribution in [0.3, 0.4) is 0 Å². The second kappa shape index (κ2) is 8.76. The lowest BCUT2D eigenvalue weighted by Crippen LogP contribution is -2.51. The highest BCUT2D eigenvalue weighted by atomic mass is 15.2. The Labute approximate surface area is 214 Å². The molecule has 2 atom stereocenters. The number of hydrogen-bond donors (Lipinski definition) is 0. The lowest BCUT2D eigenvalue weighted by molar-refractivity contribution is 0.364. The predicted molar refractivity (Wildman–Crippen MR) is 150 cm³/mol. The van der Waals surface area contributed by atoms with Crippen LogP contribution in [0.4, 0.5) is 11.4 Å². The molecule has 0 spiro atoms. The van der Waals surface area contributed by atoms with E-state index in [2.05, 4.69) is 72.4 Å². The Morgan fingerprint density at radius 3 is 1.56 bits per heavy atom. The largest absolute Gasteiger partial charge is 0.368 e. The van der Waals surface area contributed by atoms with Crippen molar-refractivity contribution in [2.45, 2.75) is 76.3 Å². The maximum absolute atomic E-state index is 5.21. The highest BCUT2D eigenvalue weighted by molar-refractivity contribution is 5.93. The number of benzene rings is 2. The first kappa shape index (κ1) is 22.1. The quantitative estimate of drug-likeness (QED) is 0.330. The first-order chi connectivity index (χ1) is 17.7. The number of anilines is 2. The van der Waals surface area contributed by atoms with Crippen molar-refractivity contribution in [3.8, 4) is 0 Å². The maximum Gasteiger partial charge on any atom is 0.0938 e. The second-order valence-corrected chi connectivity index (χ2v) is 11.2. The van der Waals surface area contributed by atoms with Crippen LogP contribution in [0.2, 0.25) is 0 Å². The zero-order valence-corrected chi connectivity index (χ0v) is 21.6. The minimum Gasteiger partial charge on any atom is -0.368 e. The molecule has 0 amide bonds. The van der Waals surface area contributed by atoms with Gasteiger partial charge in [0.15, 0.2) is 0 Å². The fraction of sp³-hybridized carbons (Fsp3) is 0.438. The lowest BCUT2D eigenvalue weighted by atomic mass is 9.87. The number of para-hydroxylation sites is 2. The molecule has 0 N–H and O–H groups in total. The highest BCUT2D eigenvalue weighted by Crippen LogP contribution is 2.37. The van der Waals surface area contributed by atoms with E-state index in [9.17, 15) is 0 Å². The van der Waals surface area contributed by atoms with Gasteiger partial charge in [-0.05, 0) is 86.8 Å². The van der Waals surface area contributed by atoms with Gasteiger partial charge >= 0.3 is 0 Å². The van der Waals surface area contributed by atoms with Crippen LogP contribution in [-0.2, 0) is 25.7 Å². The number of likely N-dealkylation sites (N-methyl/N-ethyl adjacent to an activating group) is 2. The molecule has 2 aromatic heterocycles. The van der Waals surface area contributed by atoms with Crippen molar-refractivity contribution in [3.05, 3.63) is 71.0 Å². The summed E-state index contributed by atoms with van der Waals surface area (Å²) in [4.78, 5) is 15.5. The number of hydrogen-bond acceptors (Lipinski definition) is 4. The molecule has 0 radical (unpaired) electrons. The van der Waals surface area contributed by atoms with Crippen LogP contribution in [-0.4, -0.2) is 36.1 Å². The van der Waals surface area contributed by atoms with Crippen LogP contribution in [0.25, 0.3) is 21.8 Å². The van der Waals surface area contributed by atoms with Gasteiger partial charge in [0.1, 0.15) is 0 Å². The van der Waals surface area contributed by atoms with Gasteiger partial charge in [-0.3, -0.25) is 9.97 Å². The molecule has 1 fully saturated rings. The Kier molecular flexibility index (Phi) is 5.37. The molecule has 4 heteroatoms. The number of aromatic nitrogens is 2. The third-order valence-corrected chi connectivity index (χ3v) is 9.15. The first-order valence-electron chi connectivity index (χ1n) is 14.0. The third-order valence-electron chi connectivity index (χ3n) is 9.15. The summed E-state index contributed by atoms with van der Waals surface area (Å²) >= 11 is 0. The summed E-state index contributed by atoms with van der Waals surface area (Å²) in [5.74, 6) is 0. The normalized spacial score (nSPS) is 21.1. The van der Waals surface area contributed by atoms with Crippen molar-refractivity contribution in [1.29, 1.82) is 0 Å². The van der Waals surface area contributed by atoms with Crippen molar-refractivity contribution < 1.29 is 0 Å². The van der Waals surface area contributed by atoms with Crippen molar-refractivity contribution in [2.75, 3.05) is 23.9 Å². The van der Waals surface area contributed by atoms with Crippen molar-refractivity contribution in [3.63, 3.8) is 0 Å². The zero-order chi connectivity index (χ0) is 24.2. The van der Waals surface area contributed by atoms with E-state index in [1.807, 2.05) is 0 Å². The van der Waals surface area contributed by atoms with E-state index in [0.717, 1.165) is 12.8 Å². The smallest absolute Gasteiger partial charge is 0.0938 e. The summed E-state index contributed by atoms with van der Waals surface area (Å²) in [5, 5.41) is 2.57. The van der Waals surface area contributed by atoms with Gasteiger partial charge in [-0.2, -0.15) is 0 Å². The van der Waals surface area contributed by atoms with Crippen LogP contribution in [0.1, 0.15) is 61.0 Å². The molecule has 2 heterocycles. The molecule has 2 aromatic carbocycles. The molecule has 4 aromatic rings.